The zero-order valence-corrected chi connectivity index (χ0v) is 23.4. The van der Waals surface area contributed by atoms with Crippen LogP contribution in [0.4, 0.5) is 0 Å². The van der Waals surface area contributed by atoms with Gasteiger partial charge in [0, 0.05) is 21.3 Å². The number of carbonyl (C=O) groups excluding carboxylic acids is 2. The van der Waals surface area contributed by atoms with Crippen molar-refractivity contribution in [1.82, 2.24) is 9.97 Å². The topological polar surface area (TPSA) is 69.2 Å². The average Bonchev–Trinajstić information content (AvgIpc) is 2.85. The van der Waals surface area contributed by atoms with E-state index in [0.29, 0.717) is 32.6 Å². The van der Waals surface area contributed by atoms with Crippen LogP contribution in [-0.4, -0.2) is 21.9 Å². The van der Waals surface area contributed by atoms with E-state index in [2.05, 4.69) is 79.8 Å². The number of fused-ring (bicyclic) bond motifs is 2. The molecule has 0 unspecified atom stereocenters. The van der Waals surface area contributed by atoms with Gasteiger partial charge in [0.05, 0.1) is 33.5 Å². The summed E-state index contributed by atoms with van der Waals surface area (Å²) in [5.74, 6) is -1.43. The Labute approximate surface area is 223 Å². The molecule has 4 rings (SSSR count). The van der Waals surface area contributed by atoms with Gasteiger partial charge in [0.15, 0.2) is 0 Å². The van der Waals surface area contributed by atoms with Gasteiger partial charge in [-0.15, -0.1) is 0 Å². The van der Waals surface area contributed by atoms with E-state index in [1.54, 1.807) is 30.3 Å². The van der Waals surface area contributed by atoms with E-state index in [1.165, 1.54) is 5.56 Å². The lowest BCUT2D eigenvalue weighted by atomic mass is 10.0. The number of rotatable bonds is 6. The van der Waals surface area contributed by atoms with Gasteiger partial charge in [-0.05, 0) is 58.3 Å². The van der Waals surface area contributed by atoms with Gasteiger partial charge in [-0.3, -0.25) is 0 Å². The molecule has 0 fully saturated rings. The first-order valence-corrected chi connectivity index (χ1v) is 14.3. The van der Waals surface area contributed by atoms with Crippen molar-refractivity contribution in [3.05, 3.63) is 82.2 Å². The van der Waals surface area contributed by atoms with Crippen LogP contribution in [0.3, 0.4) is 0 Å². The van der Waals surface area contributed by atoms with Gasteiger partial charge in [0.25, 0.3) is 0 Å². The first kappa shape index (κ1) is 24.4. The summed E-state index contributed by atoms with van der Waals surface area (Å²) < 4.78 is 5.16. The molecule has 5 nitrogen and oxygen atoms in total. The van der Waals surface area contributed by atoms with Crippen molar-refractivity contribution in [1.29, 1.82) is 0 Å². The molecule has 0 saturated carbocycles. The zero-order chi connectivity index (χ0) is 23.5. The molecule has 168 valence electrons. The Balaban J connectivity index is 1.59. The first-order chi connectivity index (χ1) is 16.0. The number of alkyl halides is 4. The minimum Gasteiger partial charge on any atom is -0.386 e. The smallest absolute Gasteiger partial charge is 0.346 e. The molecule has 3 aromatic carbocycles. The highest BCUT2D eigenvalue weighted by molar-refractivity contribution is 9.09. The summed E-state index contributed by atoms with van der Waals surface area (Å²) in [6.07, 6.45) is 0. The maximum atomic E-state index is 12.7. The number of hydrogen-bond donors (Lipinski definition) is 0. The third kappa shape index (κ3) is 5.21. The van der Waals surface area contributed by atoms with E-state index >= 15 is 0 Å². The predicted molar refractivity (Wildman–Crippen MR) is 144 cm³/mol. The third-order valence-electron chi connectivity index (χ3n) is 5.18. The molecule has 0 radical (unpaired) electrons. The van der Waals surface area contributed by atoms with Crippen LogP contribution >= 0.6 is 63.7 Å². The van der Waals surface area contributed by atoms with E-state index in [1.807, 2.05) is 12.1 Å². The average molecular weight is 700 g/mol. The quantitative estimate of drug-likeness (QED) is 0.120. The maximum absolute atomic E-state index is 12.7. The number of hydrogen-bond acceptors (Lipinski definition) is 5. The fourth-order valence-electron chi connectivity index (χ4n) is 3.44. The number of nitrogens with zero attached hydrogens (tertiary/aromatic N) is 2. The van der Waals surface area contributed by atoms with E-state index in [4.69, 9.17) is 4.74 Å². The highest BCUT2D eigenvalue weighted by Crippen LogP contribution is 2.25. The summed E-state index contributed by atoms with van der Waals surface area (Å²) in [5, 5.41) is 4.48. The van der Waals surface area contributed by atoms with Crippen molar-refractivity contribution in [3.63, 3.8) is 0 Å². The minimum absolute atomic E-state index is 0.238. The summed E-state index contributed by atoms with van der Waals surface area (Å²) in [7, 11) is 0. The molecule has 9 heteroatoms. The van der Waals surface area contributed by atoms with Crippen LogP contribution < -0.4 is 0 Å². The molecule has 1 aromatic heterocycles. The molecule has 0 aliphatic heterocycles. The van der Waals surface area contributed by atoms with Crippen molar-refractivity contribution in [2.75, 3.05) is 0 Å². The lowest BCUT2D eigenvalue weighted by Gasteiger charge is -2.09. The van der Waals surface area contributed by atoms with Gasteiger partial charge >= 0.3 is 11.9 Å². The van der Waals surface area contributed by atoms with Crippen LogP contribution in [-0.2, 0) is 26.1 Å². The molecule has 33 heavy (non-hydrogen) atoms. The van der Waals surface area contributed by atoms with Crippen molar-refractivity contribution in [2.45, 2.75) is 21.3 Å². The van der Waals surface area contributed by atoms with Gasteiger partial charge < -0.3 is 4.74 Å². The molecule has 0 aliphatic carbocycles. The number of halogens is 4. The van der Waals surface area contributed by atoms with Gasteiger partial charge in [-0.25, -0.2) is 19.6 Å². The molecule has 0 bridgehead atoms. The Morgan fingerprint density at radius 3 is 1.79 bits per heavy atom. The Kier molecular flexibility index (Phi) is 7.94. The molecule has 0 saturated heterocycles. The third-order valence-corrected chi connectivity index (χ3v) is 7.45. The molecule has 0 aliphatic rings. The van der Waals surface area contributed by atoms with Crippen LogP contribution in [0.2, 0.25) is 0 Å². The van der Waals surface area contributed by atoms with Crippen molar-refractivity contribution >= 4 is 97.5 Å². The molecule has 1 heterocycles. The zero-order valence-electron chi connectivity index (χ0n) is 17.1. The molecule has 0 atom stereocenters. The molecular weight excluding hydrogens is 684 g/mol. The summed E-state index contributed by atoms with van der Waals surface area (Å²) in [6.45, 7) is 0. The largest absolute Gasteiger partial charge is 0.386 e. The van der Waals surface area contributed by atoms with Gasteiger partial charge in [-0.1, -0.05) is 75.9 Å². The first-order valence-electron chi connectivity index (χ1n) is 9.82. The number of benzene rings is 3. The number of carbonyl (C=O) groups is 2. The Hall–Kier alpha value is -1.68. The fourth-order valence-corrected chi connectivity index (χ4v) is 5.38. The normalized spacial score (nSPS) is 11.2. The van der Waals surface area contributed by atoms with Gasteiger partial charge in [0.1, 0.15) is 0 Å². The second-order valence-electron chi connectivity index (χ2n) is 7.21. The van der Waals surface area contributed by atoms with Crippen LogP contribution in [0, 0.1) is 0 Å². The number of ether oxygens (including phenoxy) is 1. The van der Waals surface area contributed by atoms with Gasteiger partial charge in [0.2, 0.25) is 0 Å². The lowest BCUT2D eigenvalue weighted by molar-refractivity contribution is 0.0398. The summed E-state index contributed by atoms with van der Waals surface area (Å²) >= 11 is 13.8. The fraction of sp³-hybridized carbons (Fsp3) is 0.167. The van der Waals surface area contributed by atoms with Crippen LogP contribution in [0.15, 0.2) is 48.5 Å². The molecule has 0 amide bonds. The second kappa shape index (κ2) is 10.7. The summed E-state index contributed by atoms with van der Waals surface area (Å²) in [4.78, 5) is 34.5. The van der Waals surface area contributed by atoms with E-state index in [9.17, 15) is 9.59 Å². The standard InChI is InChI=1S/C24H16Br4N2O3/c25-9-17-5-13-1-2-14(6-16(13)7-18(17)10-26)23(31)33-24(32)15-3-4-19-20(8-15)30-22(12-28)21(11-27)29-19/h1-8H,9-12H2. The van der Waals surface area contributed by atoms with E-state index in [-0.39, 0.29) is 5.56 Å². The highest BCUT2D eigenvalue weighted by Gasteiger charge is 2.17. The van der Waals surface area contributed by atoms with E-state index < -0.39 is 11.9 Å². The Bertz CT molecular complexity index is 1290. The summed E-state index contributed by atoms with van der Waals surface area (Å²) in [6, 6.07) is 14.3. The minimum atomic E-state index is -0.732. The monoisotopic (exact) mass is 696 g/mol. The maximum Gasteiger partial charge on any atom is 0.346 e. The Morgan fingerprint density at radius 1 is 0.636 bits per heavy atom. The van der Waals surface area contributed by atoms with E-state index in [0.717, 1.165) is 33.1 Å². The Morgan fingerprint density at radius 2 is 1.18 bits per heavy atom. The summed E-state index contributed by atoms with van der Waals surface area (Å²) in [5.41, 5.74) is 5.69. The van der Waals surface area contributed by atoms with Crippen molar-refractivity contribution in [2.24, 2.45) is 0 Å². The molecule has 0 N–H and O–H groups in total. The van der Waals surface area contributed by atoms with Crippen LogP contribution in [0.5, 0.6) is 0 Å². The number of esters is 2. The van der Waals surface area contributed by atoms with Crippen LogP contribution in [0.1, 0.15) is 43.2 Å². The molecular formula is C24H16Br4N2O3. The SMILES string of the molecule is O=C(OC(=O)c1ccc2nc(CBr)c(CBr)nc2c1)c1ccc2cc(CBr)c(CBr)cc2c1. The predicted octanol–water partition coefficient (Wildman–Crippen LogP) is 7.36. The molecule has 0 spiro atoms. The highest BCUT2D eigenvalue weighted by atomic mass is 79.9. The van der Waals surface area contributed by atoms with Crippen molar-refractivity contribution in [3.8, 4) is 0 Å². The van der Waals surface area contributed by atoms with Gasteiger partial charge in [-0.2, -0.15) is 0 Å². The van der Waals surface area contributed by atoms with Crippen molar-refractivity contribution < 1.29 is 14.3 Å². The second-order valence-corrected chi connectivity index (χ2v) is 9.46. The van der Waals surface area contributed by atoms with Crippen LogP contribution in [0.25, 0.3) is 21.8 Å². The number of aromatic nitrogens is 2. The molecule has 4 aromatic rings. The lowest BCUT2D eigenvalue weighted by Crippen LogP contribution is -2.13.